The number of nitrogens with zero attached hydrogens (tertiary/aromatic N) is 3. The molecule has 0 fully saturated rings. The molecule has 3 aromatic rings. The van der Waals surface area contributed by atoms with Crippen LogP contribution in [0.1, 0.15) is 33.5 Å². The third-order valence-electron chi connectivity index (χ3n) is 4.10. The summed E-state index contributed by atoms with van der Waals surface area (Å²) in [5.41, 5.74) is 2.38. The minimum absolute atomic E-state index is 0.0818. The van der Waals surface area contributed by atoms with Gasteiger partial charge in [0.1, 0.15) is 11.4 Å². The predicted molar refractivity (Wildman–Crippen MR) is 103 cm³/mol. The summed E-state index contributed by atoms with van der Waals surface area (Å²) in [6.45, 7) is 1.62. The van der Waals surface area contributed by atoms with Gasteiger partial charge in [0.2, 0.25) is 0 Å². The Bertz CT molecular complexity index is 996. The summed E-state index contributed by atoms with van der Waals surface area (Å²) in [6, 6.07) is 13.9. The van der Waals surface area contributed by atoms with Crippen LogP contribution in [0.25, 0.3) is 5.69 Å². The van der Waals surface area contributed by atoms with E-state index < -0.39 is 5.91 Å². The Labute approximate surface area is 162 Å². The molecule has 1 aromatic heterocycles. The van der Waals surface area contributed by atoms with Crippen molar-refractivity contribution in [2.45, 2.75) is 13.5 Å². The van der Waals surface area contributed by atoms with Gasteiger partial charge in [0, 0.05) is 18.4 Å². The lowest BCUT2D eigenvalue weighted by atomic mass is 10.1. The number of amides is 1. The molecular formula is C20H20N4O4. The molecule has 144 valence electrons. The first-order valence-corrected chi connectivity index (χ1v) is 8.53. The Hall–Kier alpha value is -3.52. The normalized spacial score (nSPS) is 10.5. The second-order valence-electron chi connectivity index (χ2n) is 6.02. The lowest BCUT2D eigenvalue weighted by Gasteiger charge is -2.09. The highest BCUT2D eigenvalue weighted by atomic mass is 16.5. The zero-order valence-electron chi connectivity index (χ0n) is 15.8. The number of anilines is 1. The van der Waals surface area contributed by atoms with Crippen LogP contribution >= 0.6 is 0 Å². The van der Waals surface area contributed by atoms with Crippen LogP contribution < -0.4 is 10.1 Å². The largest absolute Gasteiger partial charge is 0.497 e. The van der Waals surface area contributed by atoms with Gasteiger partial charge in [0.05, 0.1) is 19.4 Å². The van der Waals surface area contributed by atoms with Crippen LogP contribution in [0.5, 0.6) is 5.75 Å². The van der Waals surface area contributed by atoms with Crippen molar-refractivity contribution < 1.29 is 19.1 Å². The molecule has 1 N–H and O–H groups in total. The van der Waals surface area contributed by atoms with Gasteiger partial charge in [0.15, 0.2) is 11.5 Å². The number of aromatic nitrogens is 3. The Kier molecular flexibility index (Phi) is 5.81. The monoisotopic (exact) mass is 380 g/mol. The maximum Gasteiger partial charge on any atom is 0.278 e. The minimum atomic E-state index is -0.437. The summed E-state index contributed by atoms with van der Waals surface area (Å²) in [6.07, 6.45) is 0. The van der Waals surface area contributed by atoms with E-state index in [1.807, 2.05) is 12.1 Å². The molecule has 2 aromatic carbocycles. The topological polar surface area (TPSA) is 95.3 Å². The first kappa shape index (κ1) is 19.2. The van der Waals surface area contributed by atoms with Gasteiger partial charge in [0.25, 0.3) is 5.91 Å². The number of Topliss-reactive ketones (excluding diaryl/α,β-unsaturated/α-hetero) is 1. The van der Waals surface area contributed by atoms with Crippen molar-refractivity contribution >= 4 is 17.4 Å². The summed E-state index contributed by atoms with van der Waals surface area (Å²) < 4.78 is 11.9. The average molecular weight is 380 g/mol. The maximum absolute atomic E-state index is 12.7. The first-order valence-electron chi connectivity index (χ1n) is 8.53. The van der Waals surface area contributed by atoms with E-state index in [0.29, 0.717) is 22.7 Å². The van der Waals surface area contributed by atoms with Crippen molar-refractivity contribution in [2.75, 3.05) is 19.5 Å². The van der Waals surface area contributed by atoms with Crippen molar-refractivity contribution in [1.29, 1.82) is 0 Å². The molecule has 0 bridgehead atoms. The average Bonchev–Trinajstić information content (AvgIpc) is 3.12. The molecule has 0 aliphatic heterocycles. The number of ketones is 1. The summed E-state index contributed by atoms with van der Waals surface area (Å²) >= 11 is 0. The van der Waals surface area contributed by atoms with Gasteiger partial charge in [-0.15, -0.1) is 5.10 Å². The predicted octanol–water partition coefficient (Wildman–Crippen LogP) is 2.88. The Balaban J connectivity index is 1.90. The van der Waals surface area contributed by atoms with Gasteiger partial charge < -0.3 is 14.8 Å². The third kappa shape index (κ3) is 4.07. The molecule has 8 nitrogen and oxygen atoms in total. The second kappa shape index (κ2) is 8.45. The molecule has 0 saturated carbocycles. The summed E-state index contributed by atoms with van der Waals surface area (Å²) in [5, 5.41) is 10.9. The number of hydrogen-bond acceptors (Lipinski definition) is 6. The zero-order valence-corrected chi connectivity index (χ0v) is 15.8. The molecule has 0 radical (unpaired) electrons. The minimum Gasteiger partial charge on any atom is -0.497 e. The van der Waals surface area contributed by atoms with E-state index in [2.05, 4.69) is 15.6 Å². The molecule has 0 spiro atoms. The molecule has 0 aliphatic rings. The number of nitrogens with one attached hydrogen (secondary N) is 1. The van der Waals surface area contributed by atoms with Crippen molar-refractivity contribution in [3.05, 3.63) is 65.5 Å². The number of hydrogen-bond donors (Lipinski definition) is 1. The van der Waals surface area contributed by atoms with Crippen molar-refractivity contribution in [1.82, 2.24) is 15.0 Å². The maximum atomic E-state index is 12.7. The smallest absolute Gasteiger partial charge is 0.278 e. The van der Waals surface area contributed by atoms with Crippen LogP contribution in [-0.4, -0.2) is 40.9 Å². The highest BCUT2D eigenvalue weighted by Gasteiger charge is 2.21. The van der Waals surface area contributed by atoms with E-state index in [-0.39, 0.29) is 18.1 Å². The van der Waals surface area contributed by atoms with E-state index >= 15 is 0 Å². The molecule has 28 heavy (non-hydrogen) atoms. The standard InChI is InChI=1S/C20H20N4O4/c1-13(25)14-5-4-6-15(11-14)21-20(26)19-18(12-27-2)24(23-22-19)16-7-9-17(28-3)10-8-16/h4-11H,12H2,1-3H3,(H,21,26). The molecule has 0 saturated heterocycles. The van der Waals surface area contributed by atoms with Gasteiger partial charge in [-0.25, -0.2) is 4.68 Å². The van der Waals surface area contributed by atoms with E-state index in [1.54, 1.807) is 48.2 Å². The first-order chi connectivity index (χ1) is 13.5. The van der Waals surface area contributed by atoms with E-state index in [4.69, 9.17) is 9.47 Å². The fourth-order valence-electron chi connectivity index (χ4n) is 2.68. The lowest BCUT2D eigenvalue weighted by Crippen LogP contribution is -2.16. The molecule has 1 amide bonds. The second-order valence-corrected chi connectivity index (χ2v) is 6.02. The zero-order chi connectivity index (χ0) is 20.1. The Morgan fingerprint density at radius 2 is 1.86 bits per heavy atom. The third-order valence-corrected chi connectivity index (χ3v) is 4.10. The highest BCUT2D eigenvalue weighted by molar-refractivity contribution is 6.04. The fraction of sp³-hybridized carbons (Fsp3) is 0.200. The SMILES string of the molecule is COCc1c(C(=O)Nc2cccc(C(C)=O)c2)nnn1-c1ccc(OC)cc1. The molecular weight excluding hydrogens is 360 g/mol. The van der Waals surface area contributed by atoms with Gasteiger partial charge >= 0.3 is 0 Å². The number of rotatable bonds is 7. The summed E-state index contributed by atoms with van der Waals surface area (Å²) in [4.78, 5) is 24.3. The molecule has 0 atom stereocenters. The molecule has 8 heteroatoms. The van der Waals surface area contributed by atoms with Crippen LogP contribution in [0.3, 0.4) is 0 Å². The van der Waals surface area contributed by atoms with Crippen LogP contribution in [0.2, 0.25) is 0 Å². The highest BCUT2D eigenvalue weighted by Crippen LogP contribution is 2.19. The van der Waals surface area contributed by atoms with Gasteiger partial charge in [-0.1, -0.05) is 17.3 Å². The van der Waals surface area contributed by atoms with Crippen molar-refractivity contribution in [2.24, 2.45) is 0 Å². The number of ether oxygens (including phenoxy) is 2. The van der Waals surface area contributed by atoms with Gasteiger partial charge in [-0.3, -0.25) is 9.59 Å². The molecule has 3 rings (SSSR count). The van der Waals surface area contributed by atoms with E-state index in [1.165, 1.54) is 14.0 Å². The molecule has 1 heterocycles. The number of benzene rings is 2. The quantitative estimate of drug-likeness (QED) is 0.633. The van der Waals surface area contributed by atoms with Crippen LogP contribution in [0.15, 0.2) is 48.5 Å². The number of carbonyl (C=O) groups excluding carboxylic acids is 2. The van der Waals surface area contributed by atoms with E-state index in [0.717, 1.165) is 5.69 Å². The number of carbonyl (C=O) groups is 2. The van der Waals surface area contributed by atoms with Gasteiger partial charge in [-0.05, 0) is 43.3 Å². The summed E-state index contributed by atoms with van der Waals surface area (Å²) in [7, 11) is 3.12. The fourth-order valence-corrected chi connectivity index (χ4v) is 2.68. The lowest BCUT2D eigenvalue weighted by molar-refractivity contribution is 0.100. The summed E-state index contributed by atoms with van der Waals surface area (Å²) in [5.74, 6) is 0.189. The van der Waals surface area contributed by atoms with Crippen molar-refractivity contribution in [3.8, 4) is 11.4 Å². The molecule has 0 unspecified atom stereocenters. The van der Waals surface area contributed by atoms with Crippen LogP contribution in [0.4, 0.5) is 5.69 Å². The van der Waals surface area contributed by atoms with Crippen molar-refractivity contribution in [3.63, 3.8) is 0 Å². The van der Waals surface area contributed by atoms with Gasteiger partial charge in [-0.2, -0.15) is 0 Å². The Morgan fingerprint density at radius 1 is 1.11 bits per heavy atom. The van der Waals surface area contributed by atoms with E-state index in [9.17, 15) is 9.59 Å². The molecule has 0 aliphatic carbocycles. The van der Waals surface area contributed by atoms with Crippen LogP contribution in [0, 0.1) is 0 Å². The number of methoxy groups -OCH3 is 2. The Morgan fingerprint density at radius 3 is 2.50 bits per heavy atom. The van der Waals surface area contributed by atoms with Crippen LogP contribution in [-0.2, 0) is 11.3 Å².